The predicted octanol–water partition coefficient (Wildman–Crippen LogP) is 1.80. The van der Waals surface area contributed by atoms with E-state index in [1.807, 2.05) is 31.0 Å². The molecule has 4 rings (SSSR count). The van der Waals surface area contributed by atoms with Crippen LogP contribution in [-0.4, -0.2) is 42.4 Å². The molecular formula is C24H23N5O6S. The fraction of sp³-hybridized carbons (Fsp3) is 0.208. The second-order valence-electron chi connectivity index (χ2n) is 8.27. The van der Waals surface area contributed by atoms with Gasteiger partial charge in [0.1, 0.15) is 22.6 Å². The van der Waals surface area contributed by atoms with Crippen molar-refractivity contribution in [2.45, 2.75) is 31.6 Å². The Morgan fingerprint density at radius 2 is 1.81 bits per heavy atom. The first-order valence-corrected chi connectivity index (χ1v) is 11.8. The number of amides is 2. The van der Waals surface area contributed by atoms with Crippen LogP contribution >= 0.6 is 11.8 Å². The number of H-pyrrole nitrogens is 2. The van der Waals surface area contributed by atoms with Gasteiger partial charge in [-0.3, -0.25) is 24.4 Å². The molecule has 2 atom stereocenters. The molecule has 1 aromatic heterocycles. The number of amidine groups is 1. The summed E-state index contributed by atoms with van der Waals surface area (Å²) in [5.74, 6) is -1.48. The Labute approximate surface area is 208 Å². The Morgan fingerprint density at radius 3 is 2.47 bits per heavy atom. The Balaban J connectivity index is 1.58. The summed E-state index contributed by atoms with van der Waals surface area (Å²) in [6.07, 6.45) is -0.114. The molecule has 0 radical (unpaired) electrons. The van der Waals surface area contributed by atoms with Crippen LogP contribution in [0.3, 0.4) is 0 Å². The SMILES string of the molecule is Cc1ccc(NC(=O)C[C@@H]2SC(=N[C@@H](c3ccc(O)cc3)c3c(O)[nH]c(=O)[nH]c3=O)NC2=O)c(C)c1. The number of phenolic OH excluding ortho intramolecular Hbond substituents is 1. The van der Waals surface area contributed by atoms with Crippen LogP contribution in [0.25, 0.3) is 0 Å². The van der Waals surface area contributed by atoms with Crippen molar-refractivity contribution in [3.8, 4) is 11.6 Å². The van der Waals surface area contributed by atoms with E-state index in [2.05, 4.69) is 20.6 Å². The van der Waals surface area contributed by atoms with E-state index in [9.17, 15) is 29.4 Å². The fourth-order valence-electron chi connectivity index (χ4n) is 3.74. The first kappa shape index (κ1) is 24.8. The topological polar surface area (TPSA) is 177 Å². The first-order chi connectivity index (χ1) is 17.1. The molecule has 0 aliphatic carbocycles. The highest BCUT2D eigenvalue weighted by Crippen LogP contribution is 2.32. The highest BCUT2D eigenvalue weighted by atomic mass is 32.2. The van der Waals surface area contributed by atoms with Crippen LogP contribution in [0, 0.1) is 13.8 Å². The highest BCUT2D eigenvalue weighted by Gasteiger charge is 2.34. The number of anilines is 1. The fourth-order valence-corrected chi connectivity index (χ4v) is 4.74. The van der Waals surface area contributed by atoms with Gasteiger partial charge >= 0.3 is 5.69 Å². The van der Waals surface area contributed by atoms with Crippen molar-refractivity contribution in [2.24, 2.45) is 4.99 Å². The molecule has 12 heteroatoms. The van der Waals surface area contributed by atoms with Crippen molar-refractivity contribution >= 4 is 34.4 Å². The maximum Gasteiger partial charge on any atom is 0.328 e. The third-order valence-electron chi connectivity index (χ3n) is 5.49. The number of nitrogens with zero attached hydrogens (tertiary/aromatic N) is 1. The van der Waals surface area contributed by atoms with Gasteiger partial charge in [0.25, 0.3) is 5.56 Å². The molecular weight excluding hydrogens is 486 g/mol. The lowest BCUT2D eigenvalue weighted by molar-refractivity contribution is -0.122. The van der Waals surface area contributed by atoms with Gasteiger partial charge in [0.15, 0.2) is 5.17 Å². The van der Waals surface area contributed by atoms with E-state index in [0.29, 0.717) is 11.3 Å². The number of aryl methyl sites for hydroxylation is 2. The molecule has 0 saturated carbocycles. The molecule has 0 spiro atoms. The summed E-state index contributed by atoms with van der Waals surface area (Å²) >= 11 is 1.01. The smallest absolute Gasteiger partial charge is 0.328 e. The van der Waals surface area contributed by atoms with Crippen LogP contribution in [0.4, 0.5) is 5.69 Å². The number of aromatic nitrogens is 2. The van der Waals surface area contributed by atoms with E-state index in [0.717, 1.165) is 22.9 Å². The maximum absolute atomic E-state index is 12.6. The molecule has 1 aliphatic rings. The molecule has 2 amide bonds. The van der Waals surface area contributed by atoms with Crippen molar-refractivity contribution in [2.75, 3.05) is 5.32 Å². The molecule has 11 nitrogen and oxygen atoms in total. The summed E-state index contributed by atoms with van der Waals surface area (Å²) in [5, 5.41) is 24.7. The third kappa shape index (κ3) is 5.49. The molecule has 3 aromatic rings. The largest absolute Gasteiger partial charge is 0.508 e. The minimum atomic E-state index is -1.13. The van der Waals surface area contributed by atoms with Crippen molar-refractivity contribution in [1.82, 2.24) is 15.3 Å². The molecule has 1 aliphatic heterocycles. The van der Waals surface area contributed by atoms with Crippen molar-refractivity contribution in [3.05, 3.63) is 85.6 Å². The van der Waals surface area contributed by atoms with Crippen molar-refractivity contribution < 1.29 is 19.8 Å². The van der Waals surface area contributed by atoms with Crippen molar-refractivity contribution in [3.63, 3.8) is 0 Å². The van der Waals surface area contributed by atoms with Gasteiger partial charge in [-0.1, -0.05) is 41.6 Å². The quantitative estimate of drug-likeness (QED) is 0.293. The van der Waals surface area contributed by atoms with Crippen LogP contribution in [0.2, 0.25) is 0 Å². The zero-order valence-corrected chi connectivity index (χ0v) is 20.1. The van der Waals surface area contributed by atoms with Gasteiger partial charge in [-0.2, -0.15) is 0 Å². The summed E-state index contributed by atoms with van der Waals surface area (Å²) in [5.41, 5.74) is 1.01. The second-order valence-corrected chi connectivity index (χ2v) is 9.46. The van der Waals surface area contributed by atoms with E-state index >= 15 is 0 Å². The number of carbonyl (C=O) groups is 2. The Hall–Kier alpha value is -4.32. The molecule has 1 saturated heterocycles. The number of thioether (sulfide) groups is 1. The zero-order valence-electron chi connectivity index (χ0n) is 19.3. The van der Waals surface area contributed by atoms with E-state index in [1.54, 1.807) is 6.07 Å². The van der Waals surface area contributed by atoms with Crippen LogP contribution in [0.5, 0.6) is 11.6 Å². The van der Waals surface area contributed by atoms with E-state index < -0.39 is 34.3 Å². The maximum atomic E-state index is 12.6. The van der Waals surface area contributed by atoms with Crippen LogP contribution in [0.15, 0.2) is 57.0 Å². The summed E-state index contributed by atoms with van der Waals surface area (Å²) in [4.78, 5) is 57.8. The average Bonchev–Trinajstić information content (AvgIpc) is 3.13. The van der Waals surface area contributed by atoms with Crippen LogP contribution in [-0.2, 0) is 9.59 Å². The minimum absolute atomic E-state index is 0.0248. The number of rotatable bonds is 6. The monoisotopic (exact) mass is 509 g/mol. The average molecular weight is 510 g/mol. The summed E-state index contributed by atoms with van der Waals surface area (Å²) < 4.78 is 0. The van der Waals surface area contributed by atoms with Gasteiger partial charge in [-0.05, 0) is 43.2 Å². The lowest BCUT2D eigenvalue weighted by Gasteiger charge is -2.14. The Kier molecular flexibility index (Phi) is 6.97. The van der Waals surface area contributed by atoms with Crippen molar-refractivity contribution in [1.29, 1.82) is 0 Å². The highest BCUT2D eigenvalue weighted by molar-refractivity contribution is 8.15. The van der Waals surface area contributed by atoms with E-state index in [4.69, 9.17) is 0 Å². The molecule has 0 unspecified atom stereocenters. The number of hydrogen-bond acceptors (Lipinski definition) is 8. The molecule has 2 heterocycles. The Morgan fingerprint density at radius 1 is 1.08 bits per heavy atom. The lowest BCUT2D eigenvalue weighted by atomic mass is 10.0. The van der Waals surface area contributed by atoms with Gasteiger partial charge in [-0.15, -0.1) is 0 Å². The number of carbonyl (C=O) groups excluding carboxylic acids is 2. The van der Waals surface area contributed by atoms with Crippen LogP contribution < -0.4 is 21.9 Å². The van der Waals surface area contributed by atoms with E-state index in [1.165, 1.54) is 24.3 Å². The number of aliphatic imine (C=N–C) groups is 1. The second kappa shape index (κ2) is 10.1. The summed E-state index contributed by atoms with van der Waals surface area (Å²) in [6, 6.07) is 10.2. The molecule has 0 bridgehead atoms. The number of benzene rings is 2. The normalized spacial score (nSPS) is 17.1. The molecule has 2 aromatic carbocycles. The lowest BCUT2D eigenvalue weighted by Crippen LogP contribution is -2.29. The Bertz CT molecular complexity index is 1480. The number of aromatic hydroxyl groups is 2. The predicted molar refractivity (Wildman–Crippen MR) is 135 cm³/mol. The van der Waals surface area contributed by atoms with Gasteiger partial charge in [-0.25, -0.2) is 9.79 Å². The number of nitrogens with one attached hydrogen (secondary N) is 4. The molecule has 186 valence electrons. The molecule has 36 heavy (non-hydrogen) atoms. The minimum Gasteiger partial charge on any atom is -0.508 e. The summed E-state index contributed by atoms with van der Waals surface area (Å²) in [6.45, 7) is 3.83. The van der Waals surface area contributed by atoms with Gasteiger partial charge in [0.05, 0.1) is 0 Å². The molecule has 1 fully saturated rings. The standard InChI is InChI=1S/C24H23N5O6S/c1-11-3-8-15(12(2)9-11)25-17(31)10-16-20(32)29-24(36-16)26-19(13-4-6-14(30)7-5-13)18-21(33)27-23(35)28-22(18)34/h3-9,16,19,30H,10H2,1-2H3,(H,25,31)(H,26,29,32)(H3,27,28,33,34,35)/t16-,19-/m0/s1. The first-order valence-electron chi connectivity index (χ1n) is 10.9. The van der Waals surface area contributed by atoms with Gasteiger partial charge < -0.3 is 20.8 Å². The van der Waals surface area contributed by atoms with Gasteiger partial charge in [0, 0.05) is 12.1 Å². The molecule has 6 N–H and O–H groups in total. The summed E-state index contributed by atoms with van der Waals surface area (Å²) in [7, 11) is 0. The number of aromatic amines is 2. The number of hydrogen-bond donors (Lipinski definition) is 6. The van der Waals surface area contributed by atoms with Crippen LogP contribution in [0.1, 0.15) is 34.7 Å². The van der Waals surface area contributed by atoms with Gasteiger partial charge in [0.2, 0.25) is 17.7 Å². The van der Waals surface area contributed by atoms with E-state index in [-0.39, 0.29) is 28.8 Å². The third-order valence-corrected chi connectivity index (χ3v) is 6.59. The zero-order chi connectivity index (χ0) is 26.0. The number of phenols is 1.